The van der Waals surface area contributed by atoms with Crippen LogP contribution in [0.1, 0.15) is 22.5 Å². The van der Waals surface area contributed by atoms with Crippen molar-refractivity contribution >= 4 is 11.6 Å². The predicted octanol–water partition coefficient (Wildman–Crippen LogP) is -0.102. The summed E-state index contributed by atoms with van der Waals surface area (Å²) in [5.41, 5.74) is 5.51. The molecule has 0 bridgehead atoms. The molecule has 5 nitrogen and oxygen atoms in total. The van der Waals surface area contributed by atoms with Gasteiger partial charge in [0.2, 0.25) is 0 Å². The van der Waals surface area contributed by atoms with Crippen LogP contribution in [0.3, 0.4) is 0 Å². The molecule has 1 aromatic heterocycles. The normalized spacial score (nSPS) is 15.6. The average molecular weight is 194 g/mol. The largest absolute Gasteiger partial charge is 0.416 e. The Labute approximate surface area is 79.9 Å². The van der Waals surface area contributed by atoms with Crippen LogP contribution < -0.4 is 16.7 Å². The molecule has 0 unspecified atom stereocenters. The maximum absolute atomic E-state index is 11.4. The van der Waals surface area contributed by atoms with Gasteiger partial charge >= 0.3 is 5.63 Å². The molecule has 3 N–H and O–H groups in total. The molecule has 2 heterocycles. The molecule has 0 spiro atoms. The Balaban J connectivity index is 2.60. The van der Waals surface area contributed by atoms with E-state index in [1.165, 1.54) is 6.07 Å². The molecule has 0 saturated carbocycles. The second-order valence-electron chi connectivity index (χ2n) is 3.20. The Kier molecular flexibility index (Phi) is 1.99. The molecule has 5 heteroatoms. The van der Waals surface area contributed by atoms with Gasteiger partial charge < -0.3 is 15.5 Å². The highest BCUT2D eigenvalue weighted by Gasteiger charge is 2.19. The summed E-state index contributed by atoms with van der Waals surface area (Å²) in [6, 6.07) is 1.52. The summed E-state index contributed by atoms with van der Waals surface area (Å²) in [5, 5.41) is 2.63. The molecular weight excluding hydrogens is 184 g/mol. The van der Waals surface area contributed by atoms with E-state index in [1.54, 1.807) is 0 Å². The summed E-state index contributed by atoms with van der Waals surface area (Å²) in [6.45, 7) is 0.594. The van der Waals surface area contributed by atoms with Gasteiger partial charge in [-0.15, -0.1) is 0 Å². The van der Waals surface area contributed by atoms with Crippen LogP contribution in [0.2, 0.25) is 0 Å². The summed E-state index contributed by atoms with van der Waals surface area (Å²) < 4.78 is 4.83. The van der Waals surface area contributed by atoms with Crippen LogP contribution in [0, 0.1) is 0 Å². The van der Waals surface area contributed by atoms with Crippen molar-refractivity contribution in [2.24, 2.45) is 0 Å². The zero-order chi connectivity index (χ0) is 10.1. The minimum Gasteiger partial charge on any atom is -0.416 e. The molecule has 1 aliphatic heterocycles. The van der Waals surface area contributed by atoms with Gasteiger partial charge in [-0.05, 0) is 18.9 Å². The average Bonchev–Trinajstić information content (AvgIpc) is 2.31. The highest BCUT2D eigenvalue weighted by molar-refractivity contribution is 5.93. The molecule has 0 aromatic carbocycles. The molecule has 1 aliphatic rings. The van der Waals surface area contributed by atoms with E-state index in [0.717, 1.165) is 6.42 Å². The number of rotatable bonds is 0. The fourth-order valence-electron chi connectivity index (χ4n) is 1.47. The number of carbonyl (C=O) groups is 1. The van der Waals surface area contributed by atoms with Crippen LogP contribution >= 0.6 is 0 Å². The Bertz CT molecular complexity index is 436. The fourth-order valence-corrected chi connectivity index (χ4v) is 1.47. The van der Waals surface area contributed by atoms with Gasteiger partial charge in [0.1, 0.15) is 5.69 Å². The Morgan fingerprint density at radius 2 is 2.21 bits per heavy atom. The van der Waals surface area contributed by atoms with Gasteiger partial charge in [0, 0.05) is 12.1 Å². The van der Waals surface area contributed by atoms with E-state index in [1.807, 2.05) is 0 Å². The van der Waals surface area contributed by atoms with E-state index in [9.17, 15) is 9.59 Å². The van der Waals surface area contributed by atoms with Gasteiger partial charge in [0.15, 0.2) is 5.76 Å². The third kappa shape index (κ3) is 1.37. The number of carbonyl (C=O) groups excluding carboxylic acids is 1. The first-order valence-corrected chi connectivity index (χ1v) is 4.39. The zero-order valence-electron chi connectivity index (χ0n) is 7.50. The quantitative estimate of drug-likeness (QED) is 0.603. The van der Waals surface area contributed by atoms with Crippen molar-refractivity contribution in [3.8, 4) is 0 Å². The molecule has 0 radical (unpaired) electrons. The van der Waals surface area contributed by atoms with Gasteiger partial charge in [-0.1, -0.05) is 0 Å². The number of hydrogen-bond acceptors (Lipinski definition) is 4. The molecule has 14 heavy (non-hydrogen) atoms. The second kappa shape index (κ2) is 3.17. The number of hydrogen-bond donors (Lipinski definition) is 2. The molecular formula is C9H10N2O3. The van der Waals surface area contributed by atoms with Gasteiger partial charge in [-0.25, -0.2) is 4.79 Å². The number of nitrogens with one attached hydrogen (secondary N) is 1. The van der Waals surface area contributed by atoms with Crippen molar-refractivity contribution in [2.75, 3.05) is 12.3 Å². The monoisotopic (exact) mass is 194 g/mol. The number of amides is 1. The Morgan fingerprint density at radius 3 is 3.00 bits per heavy atom. The summed E-state index contributed by atoms with van der Waals surface area (Å²) in [7, 11) is 0. The van der Waals surface area contributed by atoms with E-state index in [0.29, 0.717) is 18.5 Å². The molecule has 0 aliphatic carbocycles. The van der Waals surface area contributed by atoms with Crippen LogP contribution in [-0.2, 0) is 6.42 Å². The van der Waals surface area contributed by atoms with Crippen LogP contribution in [0.25, 0.3) is 0 Å². The topological polar surface area (TPSA) is 85.3 Å². The maximum atomic E-state index is 11.4. The number of aryl methyl sites for hydroxylation is 1. The first-order chi connectivity index (χ1) is 6.68. The number of anilines is 1. The first-order valence-electron chi connectivity index (χ1n) is 4.39. The van der Waals surface area contributed by atoms with E-state index in [2.05, 4.69) is 5.32 Å². The van der Waals surface area contributed by atoms with Gasteiger partial charge in [0.05, 0.1) is 0 Å². The molecule has 0 saturated heterocycles. The van der Waals surface area contributed by atoms with Crippen LogP contribution in [0.4, 0.5) is 5.69 Å². The lowest BCUT2D eigenvalue weighted by Crippen LogP contribution is -2.24. The highest BCUT2D eigenvalue weighted by atomic mass is 16.4. The Morgan fingerprint density at radius 1 is 1.43 bits per heavy atom. The van der Waals surface area contributed by atoms with E-state index in [-0.39, 0.29) is 17.4 Å². The lowest BCUT2D eigenvalue weighted by molar-refractivity contribution is 0.0924. The predicted molar refractivity (Wildman–Crippen MR) is 50.0 cm³/mol. The second-order valence-corrected chi connectivity index (χ2v) is 3.20. The van der Waals surface area contributed by atoms with E-state index in [4.69, 9.17) is 10.2 Å². The number of fused-ring (bicyclic) bond motifs is 1. The summed E-state index contributed by atoms with van der Waals surface area (Å²) in [6.07, 6.45) is 1.52. The highest BCUT2D eigenvalue weighted by Crippen LogP contribution is 2.14. The van der Waals surface area contributed by atoms with Gasteiger partial charge in [0.25, 0.3) is 5.91 Å². The third-order valence-electron chi connectivity index (χ3n) is 2.17. The van der Waals surface area contributed by atoms with Crippen LogP contribution in [0.5, 0.6) is 0 Å². The standard InChI is InChI=1S/C9H10N2O3/c10-6-4-5-2-1-3-11-8(12)7(5)14-9(6)13/h4H,1-3,10H2,(H,11,12). The van der Waals surface area contributed by atoms with E-state index >= 15 is 0 Å². The number of nitrogen functional groups attached to an aromatic ring is 1. The van der Waals surface area contributed by atoms with Crippen molar-refractivity contribution in [1.29, 1.82) is 0 Å². The summed E-state index contributed by atoms with van der Waals surface area (Å²) in [4.78, 5) is 22.5. The SMILES string of the molecule is Nc1cc2c(oc1=O)C(=O)NCCC2. The minimum atomic E-state index is -0.652. The first kappa shape index (κ1) is 8.80. The maximum Gasteiger partial charge on any atom is 0.359 e. The van der Waals surface area contributed by atoms with E-state index < -0.39 is 5.63 Å². The molecule has 0 fully saturated rings. The molecule has 74 valence electrons. The van der Waals surface area contributed by atoms with Crippen LogP contribution in [-0.4, -0.2) is 12.5 Å². The molecule has 0 atom stereocenters. The lowest BCUT2D eigenvalue weighted by atomic mass is 10.1. The smallest absolute Gasteiger partial charge is 0.359 e. The fraction of sp³-hybridized carbons (Fsp3) is 0.333. The molecule has 1 aromatic rings. The van der Waals surface area contributed by atoms with Crippen LogP contribution in [0.15, 0.2) is 15.3 Å². The van der Waals surface area contributed by atoms with Gasteiger partial charge in [-0.2, -0.15) is 0 Å². The minimum absolute atomic E-state index is 0.0541. The Hall–Kier alpha value is -1.78. The van der Waals surface area contributed by atoms with Crippen molar-refractivity contribution < 1.29 is 9.21 Å². The van der Waals surface area contributed by atoms with Crippen molar-refractivity contribution in [3.05, 3.63) is 27.8 Å². The zero-order valence-corrected chi connectivity index (χ0v) is 7.50. The molecule has 2 rings (SSSR count). The van der Waals surface area contributed by atoms with Gasteiger partial charge in [-0.3, -0.25) is 4.79 Å². The lowest BCUT2D eigenvalue weighted by Gasteiger charge is -2.02. The van der Waals surface area contributed by atoms with Crippen molar-refractivity contribution in [1.82, 2.24) is 5.32 Å². The summed E-state index contributed by atoms with van der Waals surface area (Å²) >= 11 is 0. The van der Waals surface area contributed by atoms with Crippen molar-refractivity contribution in [3.63, 3.8) is 0 Å². The number of nitrogens with two attached hydrogens (primary N) is 1. The van der Waals surface area contributed by atoms with Crippen molar-refractivity contribution in [2.45, 2.75) is 12.8 Å². The molecule has 1 amide bonds. The third-order valence-corrected chi connectivity index (χ3v) is 2.17. The summed E-state index contributed by atoms with van der Waals surface area (Å²) in [5.74, 6) is -0.240.